The molecule has 3 rings (SSSR count). The van der Waals surface area contributed by atoms with Crippen molar-refractivity contribution in [1.29, 1.82) is 5.26 Å². The summed E-state index contributed by atoms with van der Waals surface area (Å²) in [6, 6.07) is 8.96. The third kappa shape index (κ3) is 4.72. The minimum absolute atomic E-state index is 0.189. The second-order valence-electron chi connectivity index (χ2n) is 7.61. The van der Waals surface area contributed by atoms with Crippen LogP contribution in [-0.2, 0) is 20.3 Å². The van der Waals surface area contributed by atoms with E-state index in [1.54, 1.807) is 25.1 Å². The van der Waals surface area contributed by atoms with Crippen molar-refractivity contribution >= 4 is 28.5 Å². The number of esters is 1. The highest BCUT2D eigenvalue weighted by Crippen LogP contribution is 2.37. The van der Waals surface area contributed by atoms with E-state index in [1.165, 1.54) is 6.07 Å². The zero-order valence-corrected chi connectivity index (χ0v) is 18.9. The van der Waals surface area contributed by atoms with Gasteiger partial charge in [0.1, 0.15) is 11.9 Å². The zero-order valence-electron chi connectivity index (χ0n) is 18.1. The molecule has 0 spiro atoms. The number of anilines is 1. The number of carbonyl (C=O) groups excluding carboxylic acids is 2. The van der Waals surface area contributed by atoms with Crippen LogP contribution < -0.4 is 5.32 Å². The molecule has 1 saturated carbocycles. The summed E-state index contributed by atoms with van der Waals surface area (Å²) in [7, 11) is -1.32. The standard InChI is InChI=1S/C23H27N3O4S/c1-4-31(29)20-12-8-7-11-18(20)23(28)30-14-21(27)25-22-19(13-24)15(2)16(3)26(22)17-9-5-6-10-17/h7-8,11-12,17H,4-6,9-10,14H2,1-3H3,(H,25,27)/t31-/m0/s1. The van der Waals surface area contributed by atoms with Gasteiger partial charge in [-0.25, -0.2) is 4.79 Å². The third-order valence-electron chi connectivity index (χ3n) is 5.77. The van der Waals surface area contributed by atoms with Gasteiger partial charge in [0, 0.05) is 17.5 Å². The maximum atomic E-state index is 12.6. The zero-order chi connectivity index (χ0) is 22.5. The van der Waals surface area contributed by atoms with Crippen molar-refractivity contribution in [3.8, 4) is 6.07 Å². The molecule has 1 fully saturated rings. The summed E-state index contributed by atoms with van der Waals surface area (Å²) in [5.74, 6) is -0.376. The van der Waals surface area contributed by atoms with Crippen LogP contribution in [0.15, 0.2) is 29.2 Å². The number of amides is 1. The van der Waals surface area contributed by atoms with Crippen LogP contribution in [0, 0.1) is 25.2 Å². The molecule has 8 heteroatoms. The number of benzene rings is 1. The van der Waals surface area contributed by atoms with E-state index in [1.807, 2.05) is 18.4 Å². The van der Waals surface area contributed by atoms with Gasteiger partial charge in [-0.05, 0) is 44.4 Å². The highest BCUT2D eigenvalue weighted by atomic mass is 32.2. The van der Waals surface area contributed by atoms with Crippen LogP contribution in [0.1, 0.15) is 65.8 Å². The van der Waals surface area contributed by atoms with Crippen molar-refractivity contribution in [2.75, 3.05) is 17.7 Å². The molecule has 1 N–H and O–H groups in total. The number of nitriles is 1. The van der Waals surface area contributed by atoms with Crippen molar-refractivity contribution < 1.29 is 18.5 Å². The molecule has 1 aliphatic carbocycles. The molecule has 1 atom stereocenters. The monoisotopic (exact) mass is 441 g/mol. The molecule has 0 aliphatic heterocycles. The molecule has 7 nitrogen and oxygen atoms in total. The summed E-state index contributed by atoms with van der Waals surface area (Å²) in [5.41, 5.74) is 2.44. The van der Waals surface area contributed by atoms with Crippen LogP contribution >= 0.6 is 0 Å². The van der Waals surface area contributed by atoms with Crippen molar-refractivity contribution in [3.63, 3.8) is 0 Å². The summed E-state index contributed by atoms with van der Waals surface area (Å²) < 4.78 is 19.4. The number of hydrogen-bond acceptors (Lipinski definition) is 5. The molecule has 0 bridgehead atoms. The van der Waals surface area contributed by atoms with E-state index in [0.29, 0.717) is 22.0 Å². The van der Waals surface area contributed by atoms with Crippen LogP contribution in [0.4, 0.5) is 5.82 Å². The van der Waals surface area contributed by atoms with Crippen LogP contribution in [-0.4, -0.2) is 33.0 Å². The number of carbonyl (C=O) groups is 2. The van der Waals surface area contributed by atoms with E-state index in [-0.39, 0.29) is 11.6 Å². The normalized spacial score (nSPS) is 14.8. The number of rotatable bonds is 7. The lowest BCUT2D eigenvalue weighted by Crippen LogP contribution is -2.24. The second-order valence-corrected chi connectivity index (χ2v) is 9.32. The van der Waals surface area contributed by atoms with Gasteiger partial charge in [0.2, 0.25) is 0 Å². The molecule has 1 aliphatic rings. The molecule has 1 aromatic heterocycles. The Labute approximate surface area is 184 Å². The van der Waals surface area contributed by atoms with E-state index in [2.05, 4.69) is 11.4 Å². The third-order valence-corrected chi connectivity index (χ3v) is 7.14. The fourth-order valence-corrected chi connectivity index (χ4v) is 5.01. The van der Waals surface area contributed by atoms with Crippen molar-refractivity contribution in [2.24, 2.45) is 0 Å². The molecule has 164 valence electrons. The topological polar surface area (TPSA) is 101 Å². The molecule has 1 heterocycles. The number of ether oxygens (including phenoxy) is 1. The average molecular weight is 442 g/mol. The first kappa shape index (κ1) is 22.8. The van der Waals surface area contributed by atoms with Gasteiger partial charge >= 0.3 is 5.97 Å². The van der Waals surface area contributed by atoms with E-state index >= 15 is 0 Å². The Hall–Kier alpha value is -2.92. The smallest absolute Gasteiger partial charge is 0.339 e. The largest absolute Gasteiger partial charge is 0.452 e. The van der Waals surface area contributed by atoms with Crippen LogP contribution in [0.3, 0.4) is 0 Å². The summed E-state index contributed by atoms with van der Waals surface area (Å²) in [6.45, 7) is 5.10. The number of hydrogen-bond donors (Lipinski definition) is 1. The van der Waals surface area contributed by atoms with Gasteiger partial charge in [-0.15, -0.1) is 0 Å². The Morgan fingerprint density at radius 1 is 1.26 bits per heavy atom. The van der Waals surface area contributed by atoms with E-state index in [9.17, 15) is 19.1 Å². The molecule has 31 heavy (non-hydrogen) atoms. The lowest BCUT2D eigenvalue weighted by Gasteiger charge is -2.19. The van der Waals surface area contributed by atoms with Crippen LogP contribution in [0.2, 0.25) is 0 Å². The van der Waals surface area contributed by atoms with Gasteiger partial charge in [-0.1, -0.05) is 31.9 Å². The Morgan fingerprint density at radius 2 is 1.94 bits per heavy atom. The molecule has 0 radical (unpaired) electrons. The van der Waals surface area contributed by atoms with Gasteiger partial charge < -0.3 is 14.6 Å². The fourth-order valence-electron chi connectivity index (χ4n) is 4.07. The quantitative estimate of drug-likeness (QED) is 0.654. The lowest BCUT2D eigenvalue weighted by molar-refractivity contribution is -0.119. The first-order valence-electron chi connectivity index (χ1n) is 10.4. The minimum Gasteiger partial charge on any atom is -0.452 e. The Bertz CT molecular complexity index is 1060. The SMILES string of the molecule is CC[S@](=O)c1ccccc1C(=O)OCC(=O)Nc1c(C#N)c(C)c(C)n1C1CCCC1. The maximum absolute atomic E-state index is 12.6. The molecular formula is C23H27N3O4S. The van der Waals surface area contributed by atoms with Gasteiger partial charge in [-0.2, -0.15) is 5.26 Å². The molecule has 1 amide bonds. The fraction of sp³-hybridized carbons (Fsp3) is 0.435. The Balaban J connectivity index is 1.75. The number of nitrogens with zero attached hydrogens (tertiary/aromatic N) is 2. The average Bonchev–Trinajstić information content (AvgIpc) is 3.38. The highest BCUT2D eigenvalue weighted by Gasteiger charge is 2.27. The van der Waals surface area contributed by atoms with Gasteiger partial charge in [0.05, 0.1) is 26.8 Å². The predicted molar refractivity (Wildman–Crippen MR) is 118 cm³/mol. The van der Waals surface area contributed by atoms with Gasteiger partial charge in [0.25, 0.3) is 5.91 Å². The summed E-state index contributed by atoms with van der Waals surface area (Å²) in [6.07, 6.45) is 4.24. The van der Waals surface area contributed by atoms with Crippen molar-refractivity contribution in [3.05, 3.63) is 46.6 Å². The number of aromatic nitrogens is 1. The molecule has 2 aromatic rings. The van der Waals surface area contributed by atoms with E-state index in [4.69, 9.17) is 4.74 Å². The van der Waals surface area contributed by atoms with Crippen LogP contribution in [0.25, 0.3) is 0 Å². The Morgan fingerprint density at radius 3 is 2.58 bits per heavy atom. The Kier molecular flexibility index (Phi) is 7.29. The van der Waals surface area contributed by atoms with Crippen molar-refractivity contribution in [2.45, 2.75) is 57.4 Å². The van der Waals surface area contributed by atoms with Crippen LogP contribution in [0.5, 0.6) is 0 Å². The predicted octanol–water partition coefficient (Wildman–Crippen LogP) is 4.01. The van der Waals surface area contributed by atoms with Gasteiger partial charge in [-0.3, -0.25) is 9.00 Å². The van der Waals surface area contributed by atoms with E-state index in [0.717, 1.165) is 36.9 Å². The molecule has 0 saturated heterocycles. The van der Waals surface area contributed by atoms with Gasteiger partial charge in [0.15, 0.2) is 6.61 Å². The first-order valence-corrected chi connectivity index (χ1v) is 11.8. The first-order chi connectivity index (χ1) is 14.9. The summed E-state index contributed by atoms with van der Waals surface area (Å²) in [5, 5.41) is 12.4. The maximum Gasteiger partial charge on any atom is 0.339 e. The molecule has 1 aromatic carbocycles. The number of nitrogens with one attached hydrogen (secondary N) is 1. The molecular weight excluding hydrogens is 414 g/mol. The second kappa shape index (κ2) is 9.92. The lowest BCUT2D eigenvalue weighted by atomic mass is 10.2. The highest BCUT2D eigenvalue weighted by molar-refractivity contribution is 7.85. The summed E-state index contributed by atoms with van der Waals surface area (Å²) in [4.78, 5) is 25.5. The van der Waals surface area contributed by atoms with Crippen molar-refractivity contribution in [1.82, 2.24) is 4.57 Å². The summed E-state index contributed by atoms with van der Waals surface area (Å²) >= 11 is 0. The molecule has 0 unspecified atom stereocenters. The van der Waals surface area contributed by atoms with E-state index < -0.39 is 29.3 Å². The minimum atomic E-state index is -1.32.